The molecule has 2 unspecified atom stereocenters. The van der Waals surface area contributed by atoms with Crippen molar-refractivity contribution in [3.63, 3.8) is 0 Å². The molecule has 1 saturated heterocycles. The predicted molar refractivity (Wildman–Crippen MR) is 77.8 cm³/mol. The summed E-state index contributed by atoms with van der Waals surface area (Å²) in [5.41, 5.74) is 5.62. The van der Waals surface area contributed by atoms with Crippen LogP contribution < -0.4 is 10.5 Å². The number of carbonyl (C=O) groups is 1. The van der Waals surface area contributed by atoms with E-state index in [2.05, 4.69) is 4.72 Å². The highest BCUT2D eigenvalue weighted by Gasteiger charge is 2.31. The topological polar surface area (TPSA) is 92.5 Å². The first-order valence-corrected chi connectivity index (χ1v) is 8.83. The zero-order valence-corrected chi connectivity index (χ0v) is 12.9. The molecule has 20 heavy (non-hydrogen) atoms. The lowest BCUT2D eigenvalue weighted by atomic mass is 10.1. The third-order valence-corrected chi connectivity index (χ3v) is 6.29. The summed E-state index contributed by atoms with van der Waals surface area (Å²) in [6.45, 7) is 2.91. The van der Waals surface area contributed by atoms with Crippen molar-refractivity contribution in [1.29, 1.82) is 0 Å². The molecule has 112 valence electrons. The molecule has 0 spiro atoms. The summed E-state index contributed by atoms with van der Waals surface area (Å²) in [4.78, 5) is 13.8. The monoisotopic (exact) mass is 317 g/mol. The number of thiophene rings is 1. The van der Waals surface area contributed by atoms with E-state index in [9.17, 15) is 13.2 Å². The molecule has 0 saturated carbocycles. The summed E-state index contributed by atoms with van der Waals surface area (Å²) in [6, 6.07) is 3.29. The maximum Gasteiger partial charge on any atom is 0.250 e. The second-order valence-corrected chi connectivity index (χ2v) is 7.93. The van der Waals surface area contributed by atoms with Gasteiger partial charge in [0.25, 0.3) is 10.0 Å². The predicted octanol–water partition coefficient (Wildman–Crippen LogP) is 0.222. The van der Waals surface area contributed by atoms with Crippen molar-refractivity contribution in [2.45, 2.75) is 23.6 Å². The quantitative estimate of drug-likeness (QED) is 0.812. The Morgan fingerprint density at radius 2 is 2.35 bits per heavy atom. The van der Waals surface area contributed by atoms with E-state index in [1.54, 1.807) is 16.3 Å². The largest absolute Gasteiger partial charge is 0.339 e. The number of likely N-dealkylation sites (tertiary alicyclic amines) is 1. The highest BCUT2D eigenvalue weighted by atomic mass is 32.2. The fourth-order valence-corrected chi connectivity index (χ4v) is 4.42. The number of hydrogen-bond acceptors (Lipinski definition) is 5. The van der Waals surface area contributed by atoms with Gasteiger partial charge in [0.15, 0.2) is 0 Å². The molecule has 2 rings (SSSR count). The van der Waals surface area contributed by atoms with E-state index in [4.69, 9.17) is 5.73 Å². The highest BCUT2D eigenvalue weighted by Crippen LogP contribution is 2.22. The number of nitrogens with two attached hydrogens (primary N) is 1. The van der Waals surface area contributed by atoms with E-state index in [-0.39, 0.29) is 22.7 Å². The molecular weight excluding hydrogens is 298 g/mol. The molecule has 3 N–H and O–H groups in total. The number of nitrogens with one attached hydrogen (secondary N) is 1. The van der Waals surface area contributed by atoms with E-state index in [1.807, 2.05) is 6.92 Å². The molecule has 2 atom stereocenters. The number of rotatable bonds is 5. The minimum atomic E-state index is -3.58. The normalized spacial score (nSPS) is 23.2. The standard InChI is InChI=1S/C12H19N3O3S2/c1-9-5-10(6-13)8-15(9)11(16)7-14-20(17,18)12-3-2-4-19-12/h2-4,9-10,14H,5-8,13H2,1H3. The molecule has 1 aromatic heterocycles. The lowest BCUT2D eigenvalue weighted by Crippen LogP contribution is -2.41. The Bertz CT molecular complexity index is 557. The van der Waals surface area contributed by atoms with Gasteiger partial charge in [-0.3, -0.25) is 4.79 Å². The van der Waals surface area contributed by atoms with Gasteiger partial charge < -0.3 is 10.6 Å². The van der Waals surface area contributed by atoms with Gasteiger partial charge in [0, 0.05) is 12.6 Å². The van der Waals surface area contributed by atoms with Gasteiger partial charge in [0.2, 0.25) is 5.91 Å². The molecule has 0 bridgehead atoms. The van der Waals surface area contributed by atoms with Crippen LogP contribution in [0.15, 0.2) is 21.7 Å². The summed E-state index contributed by atoms with van der Waals surface area (Å²) < 4.78 is 26.4. The molecule has 1 aliphatic heterocycles. The molecule has 0 radical (unpaired) electrons. The van der Waals surface area contributed by atoms with Gasteiger partial charge in [-0.15, -0.1) is 11.3 Å². The third kappa shape index (κ3) is 3.38. The van der Waals surface area contributed by atoms with E-state index >= 15 is 0 Å². The average molecular weight is 317 g/mol. The van der Waals surface area contributed by atoms with Crippen molar-refractivity contribution in [3.05, 3.63) is 17.5 Å². The van der Waals surface area contributed by atoms with E-state index in [1.165, 1.54) is 6.07 Å². The van der Waals surface area contributed by atoms with Crippen LogP contribution >= 0.6 is 11.3 Å². The van der Waals surface area contributed by atoms with E-state index in [0.29, 0.717) is 19.0 Å². The van der Waals surface area contributed by atoms with Crippen LogP contribution in [0, 0.1) is 5.92 Å². The Labute approximate surface area is 123 Å². The van der Waals surface area contributed by atoms with Crippen molar-refractivity contribution in [1.82, 2.24) is 9.62 Å². The maximum atomic E-state index is 12.1. The maximum absolute atomic E-state index is 12.1. The Morgan fingerprint density at radius 1 is 1.60 bits per heavy atom. The molecule has 8 heteroatoms. The summed E-state index contributed by atoms with van der Waals surface area (Å²) in [6.07, 6.45) is 0.875. The van der Waals surface area contributed by atoms with E-state index < -0.39 is 10.0 Å². The van der Waals surface area contributed by atoms with E-state index in [0.717, 1.165) is 17.8 Å². The molecule has 2 heterocycles. The van der Waals surface area contributed by atoms with Gasteiger partial charge >= 0.3 is 0 Å². The minimum absolute atomic E-state index is 0.113. The first kappa shape index (κ1) is 15.4. The molecule has 1 amide bonds. The first-order chi connectivity index (χ1) is 9.44. The molecule has 1 aliphatic rings. The van der Waals surface area contributed by atoms with Gasteiger partial charge in [-0.1, -0.05) is 6.07 Å². The number of sulfonamides is 1. The van der Waals surface area contributed by atoms with Crippen LogP contribution in [-0.4, -0.2) is 44.9 Å². The number of carbonyl (C=O) groups excluding carboxylic acids is 1. The molecule has 0 aromatic carbocycles. The Balaban J connectivity index is 1.93. The third-order valence-electron chi connectivity index (χ3n) is 3.49. The zero-order chi connectivity index (χ0) is 14.8. The second-order valence-electron chi connectivity index (χ2n) is 4.99. The van der Waals surface area contributed by atoms with Crippen molar-refractivity contribution in [2.24, 2.45) is 11.7 Å². The lowest BCUT2D eigenvalue weighted by molar-refractivity contribution is -0.130. The van der Waals surface area contributed by atoms with Crippen molar-refractivity contribution < 1.29 is 13.2 Å². The fraction of sp³-hybridized carbons (Fsp3) is 0.583. The Hall–Kier alpha value is -0.960. The van der Waals surface area contributed by atoms with Gasteiger partial charge in [-0.2, -0.15) is 0 Å². The minimum Gasteiger partial charge on any atom is -0.339 e. The van der Waals surface area contributed by atoms with Crippen LogP contribution in [0.4, 0.5) is 0 Å². The molecule has 1 aromatic rings. The number of amides is 1. The van der Waals surface area contributed by atoms with Gasteiger partial charge in [-0.05, 0) is 37.3 Å². The SMILES string of the molecule is CC1CC(CN)CN1C(=O)CNS(=O)(=O)c1cccs1. The van der Waals surface area contributed by atoms with Crippen LogP contribution in [-0.2, 0) is 14.8 Å². The van der Waals surface area contributed by atoms with Crippen LogP contribution in [0.2, 0.25) is 0 Å². The van der Waals surface area contributed by atoms with Gasteiger partial charge in [0.1, 0.15) is 4.21 Å². The second kappa shape index (κ2) is 6.21. The summed E-state index contributed by atoms with van der Waals surface area (Å²) in [5, 5.41) is 1.69. The molecule has 0 aliphatic carbocycles. The van der Waals surface area contributed by atoms with Crippen molar-refractivity contribution >= 4 is 27.3 Å². The van der Waals surface area contributed by atoms with Crippen LogP contribution in [0.3, 0.4) is 0 Å². The Morgan fingerprint density at radius 3 is 2.90 bits per heavy atom. The van der Waals surface area contributed by atoms with Crippen molar-refractivity contribution in [3.8, 4) is 0 Å². The zero-order valence-electron chi connectivity index (χ0n) is 11.3. The number of hydrogen-bond donors (Lipinski definition) is 2. The fourth-order valence-electron chi connectivity index (χ4n) is 2.41. The van der Waals surface area contributed by atoms with Gasteiger partial charge in [0.05, 0.1) is 6.54 Å². The molecular formula is C12H19N3O3S2. The highest BCUT2D eigenvalue weighted by molar-refractivity contribution is 7.91. The van der Waals surface area contributed by atoms with Crippen LogP contribution in [0.1, 0.15) is 13.3 Å². The van der Waals surface area contributed by atoms with Crippen LogP contribution in [0.25, 0.3) is 0 Å². The molecule has 6 nitrogen and oxygen atoms in total. The number of nitrogens with zero attached hydrogens (tertiary/aromatic N) is 1. The first-order valence-electron chi connectivity index (χ1n) is 6.46. The van der Waals surface area contributed by atoms with Crippen molar-refractivity contribution in [2.75, 3.05) is 19.6 Å². The molecule has 1 fully saturated rings. The summed E-state index contributed by atoms with van der Waals surface area (Å²) in [5.74, 6) is 0.108. The smallest absolute Gasteiger partial charge is 0.250 e. The average Bonchev–Trinajstić information content (AvgIpc) is 3.05. The Kier molecular flexibility index (Phi) is 4.79. The van der Waals surface area contributed by atoms with Crippen LogP contribution in [0.5, 0.6) is 0 Å². The summed E-state index contributed by atoms with van der Waals surface area (Å²) in [7, 11) is -3.58. The lowest BCUT2D eigenvalue weighted by Gasteiger charge is -2.21. The van der Waals surface area contributed by atoms with Gasteiger partial charge in [-0.25, -0.2) is 13.1 Å². The summed E-state index contributed by atoms with van der Waals surface area (Å²) >= 11 is 1.13.